The fraction of sp³-hybridized carbons (Fsp3) is 0.529. The Labute approximate surface area is 139 Å². The Kier molecular flexibility index (Phi) is 6.81. The Morgan fingerprint density at radius 2 is 1.54 bits per heavy atom. The summed E-state index contributed by atoms with van der Waals surface area (Å²) in [5.41, 5.74) is -0.479. The fourth-order valence-electron chi connectivity index (χ4n) is 1.85. The van der Waals surface area contributed by atoms with Crippen molar-refractivity contribution in [1.82, 2.24) is 10.6 Å². The van der Waals surface area contributed by atoms with Gasteiger partial charge in [0.2, 0.25) is 11.8 Å². The van der Waals surface area contributed by atoms with Crippen LogP contribution < -0.4 is 10.6 Å². The summed E-state index contributed by atoms with van der Waals surface area (Å²) in [6, 6.07) is 4.86. The summed E-state index contributed by atoms with van der Waals surface area (Å²) in [6.45, 7) is 5.94. The molecule has 1 aromatic carbocycles. The van der Waals surface area contributed by atoms with Crippen molar-refractivity contribution in [2.24, 2.45) is 5.41 Å². The van der Waals surface area contributed by atoms with E-state index in [2.05, 4.69) is 10.6 Å². The quantitative estimate of drug-likeness (QED) is 0.834. The van der Waals surface area contributed by atoms with Crippen LogP contribution in [0.1, 0.15) is 38.3 Å². The van der Waals surface area contributed by atoms with Crippen LogP contribution in [0.5, 0.6) is 0 Å². The monoisotopic (exact) mass is 344 g/mol. The van der Waals surface area contributed by atoms with Crippen molar-refractivity contribution in [2.75, 3.05) is 13.1 Å². The molecule has 134 valence electrons. The molecule has 0 aliphatic rings. The highest BCUT2D eigenvalue weighted by atomic mass is 19.4. The Morgan fingerprint density at radius 3 is 2.04 bits per heavy atom. The average molecular weight is 344 g/mol. The molecule has 0 heterocycles. The molecule has 0 aromatic heterocycles. The van der Waals surface area contributed by atoms with E-state index < -0.39 is 17.2 Å². The molecule has 0 atom stereocenters. The third kappa shape index (κ3) is 7.02. The molecule has 0 aliphatic heterocycles. The van der Waals surface area contributed by atoms with Gasteiger partial charge in [0.1, 0.15) is 0 Å². The summed E-state index contributed by atoms with van der Waals surface area (Å²) < 4.78 is 37.3. The van der Waals surface area contributed by atoms with E-state index in [0.717, 1.165) is 12.1 Å². The molecule has 0 radical (unpaired) electrons. The minimum Gasteiger partial charge on any atom is -0.356 e. The van der Waals surface area contributed by atoms with Crippen molar-refractivity contribution in [3.05, 3.63) is 35.4 Å². The van der Waals surface area contributed by atoms with Crippen LogP contribution in [0.3, 0.4) is 0 Å². The normalized spacial score (nSPS) is 11.9. The van der Waals surface area contributed by atoms with E-state index in [1.165, 1.54) is 12.1 Å². The molecule has 0 saturated heterocycles. The first-order valence-electron chi connectivity index (χ1n) is 7.71. The molecule has 0 fully saturated rings. The van der Waals surface area contributed by atoms with Gasteiger partial charge in [0.15, 0.2) is 0 Å². The number of hydrogen-bond donors (Lipinski definition) is 2. The lowest BCUT2D eigenvalue weighted by atomic mass is 9.96. The molecule has 1 aromatic rings. The molecular formula is C17H23F3N2O2. The lowest BCUT2D eigenvalue weighted by molar-refractivity contribution is -0.137. The van der Waals surface area contributed by atoms with Gasteiger partial charge in [-0.3, -0.25) is 9.59 Å². The lowest BCUT2D eigenvalue weighted by Crippen LogP contribution is -2.37. The third-order valence-corrected chi connectivity index (χ3v) is 3.34. The van der Waals surface area contributed by atoms with Crippen LogP contribution in [0.4, 0.5) is 13.2 Å². The number of amides is 2. The maximum Gasteiger partial charge on any atom is 0.416 e. The summed E-state index contributed by atoms with van der Waals surface area (Å²) in [5, 5.41) is 5.35. The molecule has 0 aliphatic carbocycles. The summed E-state index contributed by atoms with van der Waals surface area (Å²) in [5.74, 6) is -0.337. The predicted octanol–water partition coefficient (Wildman–Crippen LogP) is 2.92. The zero-order valence-corrected chi connectivity index (χ0v) is 14.1. The van der Waals surface area contributed by atoms with Crippen LogP contribution in [-0.2, 0) is 22.2 Å². The highest BCUT2D eigenvalue weighted by Gasteiger charge is 2.29. The van der Waals surface area contributed by atoms with Crippen LogP contribution >= 0.6 is 0 Å². The molecule has 0 saturated carbocycles. The van der Waals surface area contributed by atoms with Crippen LogP contribution in [0, 0.1) is 5.41 Å². The molecule has 2 amide bonds. The second-order valence-corrected chi connectivity index (χ2v) is 6.55. The molecule has 2 N–H and O–H groups in total. The van der Waals surface area contributed by atoms with Gasteiger partial charge in [0, 0.05) is 24.9 Å². The van der Waals surface area contributed by atoms with Gasteiger partial charge in [0.25, 0.3) is 0 Å². The van der Waals surface area contributed by atoms with Gasteiger partial charge in [-0.1, -0.05) is 32.9 Å². The molecule has 1 rings (SSSR count). The average Bonchev–Trinajstić information content (AvgIpc) is 2.45. The first kappa shape index (κ1) is 20.0. The third-order valence-electron chi connectivity index (χ3n) is 3.34. The van der Waals surface area contributed by atoms with Crippen molar-refractivity contribution in [2.45, 2.75) is 39.8 Å². The van der Waals surface area contributed by atoms with E-state index in [9.17, 15) is 22.8 Å². The first-order chi connectivity index (χ1) is 11.0. The molecule has 0 spiro atoms. The van der Waals surface area contributed by atoms with E-state index in [4.69, 9.17) is 0 Å². The molecule has 0 unspecified atom stereocenters. The van der Waals surface area contributed by atoms with Gasteiger partial charge in [-0.25, -0.2) is 0 Å². The zero-order valence-electron chi connectivity index (χ0n) is 14.1. The number of benzene rings is 1. The Balaban J connectivity index is 2.27. The molecule has 7 heteroatoms. The number of hydrogen-bond acceptors (Lipinski definition) is 2. The fourth-order valence-corrected chi connectivity index (χ4v) is 1.85. The van der Waals surface area contributed by atoms with Gasteiger partial charge in [-0.05, 0) is 24.1 Å². The highest BCUT2D eigenvalue weighted by molar-refractivity contribution is 5.82. The molecule has 4 nitrogen and oxygen atoms in total. The van der Waals surface area contributed by atoms with Crippen molar-refractivity contribution in [3.63, 3.8) is 0 Å². The number of alkyl halides is 3. The summed E-state index contributed by atoms with van der Waals surface area (Å²) in [4.78, 5) is 23.3. The van der Waals surface area contributed by atoms with E-state index in [1.54, 1.807) is 20.8 Å². The predicted molar refractivity (Wildman–Crippen MR) is 85.2 cm³/mol. The van der Waals surface area contributed by atoms with Gasteiger partial charge in [-0.2, -0.15) is 13.2 Å². The topological polar surface area (TPSA) is 58.2 Å². The van der Waals surface area contributed by atoms with E-state index >= 15 is 0 Å². The summed E-state index contributed by atoms with van der Waals surface area (Å²) >= 11 is 0. The second kappa shape index (κ2) is 8.17. The summed E-state index contributed by atoms with van der Waals surface area (Å²) in [7, 11) is 0. The standard InChI is InChI=1S/C17H23F3N2O2/c1-16(2,3)15(24)22-11-9-14(23)21-10-8-12-4-6-13(7-5-12)17(18,19)20/h4-7H,8-11H2,1-3H3,(H,21,23)(H,22,24). The van der Waals surface area contributed by atoms with Crippen molar-refractivity contribution in [3.8, 4) is 0 Å². The molecule has 24 heavy (non-hydrogen) atoms. The lowest BCUT2D eigenvalue weighted by Gasteiger charge is -2.17. The van der Waals surface area contributed by atoms with Crippen LogP contribution in [0.15, 0.2) is 24.3 Å². The number of nitrogens with one attached hydrogen (secondary N) is 2. The Morgan fingerprint density at radius 1 is 0.958 bits per heavy atom. The van der Waals surface area contributed by atoms with Crippen LogP contribution in [0.2, 0.25) is 0 Å². The largest absolute Gasteiger partial charge is 0.416 e. The smallest absolute Gasteiger partial charge is 0.356 e. The van der Waals surface area contributed by atoms with Gasteiger partial charge in [0.05, 0.1) is 5.56 Å². The van der Waals surface area contributed by atoms with Crippen LogP contribution in [0.25, 0.3) is 0 Å². The Hall–Kier alpha value is -2.05. The minimum atomic E-state index is -4.34. The zero-order chi connectivity index (χ0) is 18.4. The highest BCUT2D eigenvalue weighted by Crippen LogP contribution is 2.29. The van der Waals surface area contributed by atoms with Gasteiger partial charge < -0.3 is 10.6 Å². The Bertz CT molecular complexity index is 561. The van der Waals surface area contributed by atoms with Crippen molar-refractivity contribution in [1.29, 1.82) is 0 Å². The van der Waals surface area contributed by atoms with Crippen LogP contribution in [-0.4, -0.2) is 24.9 Å². The number of carbonyl (C=O) groups excluding carboxylic acids is 2. The van der Waals surface area contributed by atoms with Crippen molar-refractivity contribution < 1.29 is 22.8 Å². The van der Waals surface area contributed by atoms with Gasteiger partial charge >= 0.3 is 6.18 Å². The van der Waals surface area contributed by atoms with Gasteiger partial charge in [-0.15, -0.1) is 0 Å². The molecular weight excluding hydrogens is 321 g/mol. The first-order valence-corrected chi connectivity index (χ1v) is 7.71. The minimum absolute atomic E-state index is 0.125. The number of carbonyl (C=O) groups is 2. The number of halogens is 3. The maximum atomic E-state index is 12.4. The molecule has 0 bridgehead atoms. The van der Waals surface area contributed by atoms with E-state index in [-0.39, 0.29) is 24.8 Å². The maximum absolute atomic E-state index is 12.4. The van der Waals surface area contributed by atoms with E-state index in [0.29, 0.717) is 18.5 Å². The number of rotatable bonds is 6. The van der Waals surface area contributed by atoms with Crippen molar-refractivity contribution >= 4 is 11.8 Å². The van der Waals surface area contributed by atoms with E-state index in [1.807, 2.05) is 0 Å². The second-order valence-electron chi connectivity index (χ2n) is 6.55. The SMILES string of the molecule is CC(C)(C)C(=O)NCCC(=O)NCCc1ccc(C(F)(F)F)cc1. The summed E-state index contributed by atoms with van der Waals surface area (Å²) in [6.07, 6.45) is -3.74.